The van der Waals surface area contributed by atoms with Crippen LogP contribution in [0.25, 0.3) is 0 Å². The lowest BCUT2D eigenvalue weighted by atomic mass is 9.43. The van der Waals surface area contributed by atoms with Crippen molar-refractivity contribution in [3.63, 3.8) is 0 Å². The molecule has 0 aromatic heterocycles. The van der Waals surface area contributed by atoms with E-state index in [0.29, 0.717) is 23.8 Å². The van der Waals surface area contributed by atoms with Gasteiger partial charge in [-0.1, -0.05) is 53.2 Å². The molecule has 1 saturated heterocycles. The van der Waals surface area contributed by atoms with Gasteiger partial charge in [-0.3, -0.25) is 9.59 Å². The Morgan fingerprint density at radius 2 is 1.78 bits per heavy atom. The summed E-state index contributed by atoms with van der Waals surface area (Å²) in [6.45, 7) is 12.7. The van der Waals surface area contributed by atoms with Gasteiger partial charge in [-0.25, -0.2) is 13.1 Å². The number of amides is 2. The normalized spacial score (nSPS) is 28.0. The molecule has 3 saturated carbocycles. The maximum absolute atomic E-state index is 13.6. The van der Waals surface area contributed by atoms with Gasteiger partial charge in [0.15, 0.2) is 0 Å². The fourth-order valence-corrected chi connectivity index (χ4v) is 7.46. The smallest absolute Gasteiger partial charge is 0.404 e. The Labute approximate surface area is 246 Å². The Hall–Kier alpha value is -1.95. The molecule has 5 rings (SSSR count). The molecule has 11 heteroatoms. The number of carbonyl (C=O) groups excluding carboxylic acids is 2. The van der Waals surface area contributed by atoms with Crippen LogP contribution in [0, 0.1) is 23.2 Å². The van der Waals surface area contributed by atoms with Gasteiger partial charge in [0.05, 0.1) is 23.9 Å². The van der Waals surface area contributed by atoms with Crippen LogP contribution in [0.3, 0.4) is 0 Å². The Balaban J connectivity index is 1.48. The number of hydrogen-bond donors (Lipinski definition) is 3. The van der Waals surface area contributed by atoms with Crippen molar-refractivity contribution in [3.05, 3.63) is 35.4 Å². The first-order valence-corrected chi connectivity index (χ1v) is 17.0. The van der Waals surface area contributed by atoms with Gasteiger partial charge in [0.25, 0.3) is 5.91 Å². The second kappa shape index (κ2) is 12.3. The number of sulfonamides is 1. The number of benzene rings is 1. The summed E-state index contributed by atoms with van der Waals surface area (Å²) in [5, 5.41) is 5.79. The van der Waals surface area contributed by atoms with Crippen molar-refractivity contribution in [2.45, 2.75) is 104 Å². The van der Waals surface area contributed by atoms with Crippen molar-refractivity contribution in [1.29, 1.82) is 0 Å². The van der Waals surface area contributed by atoms with Gasteiger partial charge < -0.3 is 19.9 Å². The second-order valence-electron chi connectivity index (χ2n) is 13.5. The molecule has 2 bridgehead atoms. The molecule has 1 aromatic carbocycles. The summed E-state index contributed by atoms with van der Waals surface area (Å²) in [6, 6.07) is 6.16. The van der Waals surface area contributed by atoms with Crippen molar-refractivity contribution in [2.24, 2.45) is 23.2 Å². The molecule has 1 aromatic rings. The molecule has 228 valence electrons. The second-order valence-corrected chi connectivity index (χ2v) is 15.4. The summed E-state index contributed by atoms with van der Waals surface area (Å²) in [6.07, 6.45) is 6.75. The number of unbranched alkanes of at least 4 members (excludes halogenated alkanes) is 1. The van der Waals surface area contributed by atoms with E-state index in [4.69, 9.17) is 9.31 Å². The highest BCUT2D eigenvalue weighted by Crippen LogP contribution is 2.65. The predicted octanol–water partition coefficient (Wildman–Crippen LogP) is 3.48. The molecule has 0 radical (unpaired) electrons. The van der Waals surface area contributed by atoms with E-state index in [-0.39, 0.29) is 24.0 Å². The molecule has 1 heterocycles. The summed E-state index contributed by atoms with van der Waals surface area (Å²) < 4.78 is 39.3. The summed E-state index contributed by atoms with van der Waals surface area (Å²) >= 11 is 0. The van der Waals surface area contributed by atoms with Crippen LogP contribution in [0.15, 0.2) is 24.3 Å². The van der Waals surface area contributed by atoms with Crippen LogP contribution in [0.2, 0.25) is 0 Å². The predicted molar refractivity (Wildman–Crippen MR) is 161 cm³/mol. The SMILES string of the molecule is CCCCc1ccc(C(=O)N[C@@H](CNS(C)(=O)=O)C(=O)N[C@@H](CC(C)C)B2O[C@@H]3C[C@H]4C[C@H](C4(C)C)[C@]3(C)O2)cc1. The average molecular weight is 590 g/mol. The molecule has 0 spiro atoms. The van der Waals surface area contributed by atoms with Crippen LogP contribution in [0.5, 0.6) is 0 Å². The quantitative estimate of drug-likeness (QED) is 0.303. The molecule has 9 nitrogen and oxygen atoms in total. The molecule has 3 aliphatic carbocycles. The van der Waals surface area contributed by atoms with E-state index in [9.17, 15) is 18.0 Å². The highest BCUT2D eigenvalue weighted by Gasteiger charge is 2.68. The molecule has 1 aliphatic heterocycles. The summed E-state index contributed by atoms with van der Waals surface area (Å²) in [7, 11) is -4.22. The minimum atomic E-state index is -3.60. The third-order valence-corrected chi connectivity index (χ3v) is 10.2. The zero-order valence-corrected chi connectivity index (χ0v) is 26.5. The van der Waals surface area contributed by atoms with Crippen LogP contribution in [-0.4, -0.2) is 63.8 Å². The van der Waals surface area contributed by atoms with Gasteiger partial charge in [0, 0.05) is 12.1 Å². The fourth-order valence-electron chi connectivity index (χ4n) is 6.99. The Morgan fingerprint density at radius 3 is 2.37 bits per heavy atom. The van der Waals surface area contributed by atoms with Gasteiger partial charge in [-0.05, 0) is 79.9 Å². The zero-order valence-electron chi connectivity index (χ0n) is 25.7. The summed E-state index contributed by atoms with van der Waals surface area (Å²) in [4.78, 5) is 26.8. The Bertz CT molecular complexity index is 1210. The van der Waals surface area contributed by atoms with Crippen LogP contribution in [-0.2, 0) is 30.5 Å². The molecule has 4 aliphatic rings. The molecular weight excluding hydrogens is 541 g/mol. The first-order valence-electron chi connectivity index (χ1n) is 15.1. The topological polar surface area (TPSA) is 123 Å². The standard InChI is InChI=1S/C30H48BN3O6S/c1-8-9-10-20-11-13-21(14-12-20)27(35)33-23(18-32-41(7,37)38)28(36)34-26(15-19(2)3)31-39-25-17-22-16-24(29(22,4)5)30(25,6)40-31/h11-14,19,22-26,32H,8-10,15-18H2,1-7H3,(H,33,35)(H,34,36)/t22-,23+,24-,25-,26+,30+/m1/s1. The molecule has 41 heavy (non-hydrogen) atoms. The van der Waals surface area contributed by atoms with Crippen LogP contribution in [0.1, 0.15) is 89.6 Å². The minimum Gasteiger partial charge on any atom is -0.404 e. The van der Waals surface area contributed by atoms with Gasteiger partial charge in [0.2, 0.25) is 15.9 Å². The molecule has 4 fully saturated rings. The first kappa shape index (κ1) is 32.0. The highest BCUT2D eigenvalue weighted by atomic mass is 32.2. The first-order chi connectivity index (χ1) is 19.1. The minimum absolute atomic E-state index is 0.0291. The lowest BCUT2D eigenvalue weighted by molar-refractivity contribution is -0.199. The van der Waals surface area contributed by atoms with E-state index < -0.39 is 46.5 Å². The van der Waals surface area contributed by atoms with E-state index in [0.717, 1.165) is 43.9 Å². The molecular formula is C30H48BN3O6S. The van der Waals surface area contributed by atoms with E-state index in [2.05, 4.69) is 56.9 Å². The van der Waals surface area contributed by atoms with Crippen molar-refractivity contribution in [2.75, 3.05) is 12.8 Å². The molecule has 3 N–H and O–H groups in total. The lowest BCUT2D eigenvalue weighted by Crippen LogP contribution is -2.65. The fraction of sp³-hybridized carbons (Fsp3) is 0.733. The Morgan fingerprint density at radius 1 is 1.10 bits per heavy atom. The van der Waals surface area contributed by atoms with E-state index in [1.807, 2.05) is 12.1 Å². The number of carbonyl (C=O) groups is 2. The van der Waals surface area contributed by atoms with Crippen LogP contribution < -0.4 is 15.4 Å². The van der Waals surface area contributed by atoms with E-state index >= 15 is 0 Å². The largest absolute Gasteiger partial charge is 0.481 e. The maximum Gasteiger partial charge on any atom is 0.481 e. The van der Waals surface area contributed by atoms with Gasteiger partial charge in [0.1, 0.15) is 6.04 Å². The van der Waals surface area contributed by atoms with Gasteiger partial charge >= 0.3 is 7.12 Å². The third-order valence-electron chi connectivity index (χ3n) is 9.56. The van der Waals surface area contributed by atoms with Gasteiger partial charge in [-0.15, -0.1) is 0 Å². The zero-order chi connectivity index (χ0) is 30.2. The molecule has 0 unspecified atom stereocenters. The number of hydrogen-bond acceptors (Lipinski definition) is 6. The Kier molecular flexibility index (Phi) is 9.63. The third kappa shape index (κ3) is 7.17. The van der Waals surface area contributed by atoms with E-state index in [1.165, 1.54) is 0 Å². The maximum atomic E-state index is 13.6. The number of aryl methyl sites for hydroxylation is 1. The van der Waals surface area contributed by atoms with Crippen molar-refractivity contribution in [1.82, 2.24) is 15.4 Å². The highest BCUT2D eigenvalue weighted by molar-refractivity contribution is 7.88. The van der Waals surface area contributed by atoms with Crippen molar-refractivity contribution < 1.29 is 27.3 Å². The van der Waals surface area contributed by atoms with Crippen LogP contribution >= 0.6 is 0 Å². The summed E-state index contributed by atoms with van der Waals surface area (Å²) in [5.74, 6) is -0.164. The van der Waals surface area contributed by atoms with Gasteiger partial charge in [-0.2, -0.15) is 0 Å². The van der Waals surface area contributed by atoms with E-state index in [1.54, 1.807) is 12.1 Å². The van der Waals surface area contributed by atoms with Crippen molar-refractivity contribution >= 4 is 29.0 Å². The lowest BCUT2D eigenvalue weighted by Gasteiger charge is -2.64. The summed E-state index contributed by atoms with van der Waals surface area (Å²) in [5.41, 5.74) is 1.32. The monoisotopic (exact) mass is 589 g/mol. The number of nitrogens with one attached hydrogen (secondary N) is 3. The number of rotatable bonds is 13. The molecule has 6 atom stereocenters. The van der Waals surface area contributed by atoms with Crippen molar-refractivity contribution in [3.8, 4) is 0 Å². The van der Waals surface area contributed by atoms with Crippen LogP contribution in [0.4, 0.5) is 0 Å². The average Bonchev–Trinajstić information content (AvgIpc) is 3.26. The molecule has 2 amide bonds.